The summed E-state index contributed by atoms with van der Waals surface area (Å²) in [4.78, 5) is 0.0123. The zero-order chi connectivity index (χ0) is 13.2. The molecule has 0 amide bonds. The van der Waals surface area contributed by atoms with E-state index in [9.17, 15) is 12.8 Å². The summed E-state index contributed by atoms with van der Waals surface area (Å²) in [5.41, 5.74) is 0. The van der Waals surface area contributed by atoms with Crippen molar-refractivity contribution in [3.63, 3.8) is 0 Å². The lowest BCUT2D eigenvalue weighted by Crippen LogP contribution is -2.49. The molecule has 4 nitrogen and oxygen atoms in total. The van der Waals surface area contributed by atoms with Gasteiger partial charge in [0, 0.05) is 12.6 Å². The van der Waals surface area contributed by atoms with Crippen LogP contribution < -0.4 is 5.32 Å². The van der Waals surface area contributed by atoms with Gasteiger partial charge in [0.25, 0.3) is 0 Å². The number of sulfone groups is 1. The largest absolute Gasteiger partial charge is 0.380 e. The summed E-state index contributed by atoms with van der Waals surface area (Å²) in [5.74, 6) is -0.547. The van der Waals surface area contributed by atoms with Crippen molar-refractivity contribution in [2.45, 2.75) is 22.6 Å². The quantitative estimate of drug-likeness (QED) is 0.892. The van der Waals surface area contributed by atoms with E-state index in [1.54, 1.807) is 7.05 Å². The lowest BCUT2D eigenvalue weighted by molar-refractivity contribution is 0.0825. The molecule has 1 heterocycles. The molecule has 0 bridgehead atoms. The second kappa shape index (κ2) is 5.34. The van der Waals surface area contributed by atoms with E-state index >= 15 is 0 Å². The molecule has 1 aliphatic heterocycles. The number of halogens is 1. The molecule has 0 saturated carbocycles. The van der Waals surface area contributed by atoms with Gasteiger partial charge >= 0.3 is 0 Å². The SMILES string of the molecule is CNC1CCOCC1S(=O)(=O)c1cccc(F)c1. The van der Waals surface area contributed by atoms with Crippen LogP contribution in [0.3, 0.4) is 0 Å². The lowest BCUT2D eigenvalue weighted by atomic mass is 10.1. The van der Waals surface area contributed by atoms with Gasteiger partial charge in [-0.05, 0) is 31.7 Å². The van der Waals surface area contributed by atoms with Gasteiger partial charge in [0.1, 0.15) is 11.1 Å². The maximum atomic E-state index is 13.1. The highest BCUT2D eigenvalue weighted by Crippen LogP contribution is 2.23. The Hall–Kier alpha value is -0.980. The molecule has 2 rings (SSSR count). The standard InChI is InChI=1S/C12H16FNO3S/c1-14-11-5-6-17-8-12(11)18(15,16)10-4-2-3-9(13)7-10/h2-4,7,11-12,14H,5-6,8H2,1H3. The Morgan fingerprint density at radius 3 is 2.89 bits per heavy atom. The maximum Gasteiger partial charge on any atom is 0.185 e. The summed E-state index contributed by atoms with van der Waals surface area (Å²) in [6.45, 7) is 0.686. The van der Waals surface area contributed by atoms with E-state index in [1.807, 2.05) is 0 Å². The highest BCUT2D eigenvalue weighted by molar-refractivity contribution is 7.92. The first-order valence-electron chi connectivity index (χ1n) is 5.80. The van der Waals surface area contributed by atoms with Gasteiger partial charge in [-0.3, -0.25) is 0 Å². The Balaban J connectivity index is 2.35. The van der Waals surface area contributed by atoms with Gasteiger partial charge in [-0.15, -0.1) is 0 Å². The van der Waals surface area contributed by atoms with Crippen molar-refractivity contribution in [3.05, 3.63) is 30.1 Å². The monoisotopic (exact) mass is 273 g/mol. The van der Waals surface area contributed by atoms with Gasteiger partial charge in [0.15, 0.2) is 9.84 Å². The molecule has 1 aliphatic rings. The molecule has 1 N–H and O–H groups in total. The molecule has 100 valence electrons. The second-order valence-electron chi connectivity index (χ2n) is 4.30. The molecule has 1 fully saturated rings. The third-order valence-electron chi connectivity index (χ3n) is 3.20. The van der Waals surface area contributed by atoms with E-state index < -0.39 is 20.9 Å². The van der Waals surface area contributed by atoms with E-state index in [2.05, 4.69) is 5.32 Å². The summed E-state index contributed by atoms with van der Waals surface area (Å²) in [6.07, 6.45) is 0.635. The first-order chi connectivity index (χ1) is 8.55. The molecule has 1 saturated heterocycles. The Bertz CT molecular complexity index is 518. The van der Waals surface area contributed by atoms with Crippen LogP contribution in [0, 0.1) is 5.82 Å². The Labute approximate surface area is 106 Å². The van der Waals surface area contributed by atoms with Crippen LogP contribution in [-0.4, -0.2) is 40.0 Å². The van der Waals surface area contributed by atoms with Crippen molar-refractivity contribution >= 4 is 9.84 Å². The molecular weight excluding hydrogens is 257 g/mol. The van der Waals surface area contributed by atoms with Crippen LogP contribution in [0.15, 0.2) is 29.2 Å². The average Bonchev–Trinajstić information content (AvgIpc) is 2.38. The molecule has 2 unspecified atom stereocenters. The molecule has 18 heavy (non-hydrogen) atoms. The van der Waals surface area contributed by atoms with Crippen LogP contribution in [0.2, 0.25) is 0 Å². The van der Waals surface area contributed by atoms with E-state index in [-0.39, 0.29) is 17.5 Å². The minimum atomic E-state index is -3.57. The molecule has 1 aromatic rings. The van der Waals surface area contributed by atoms with Crippen molar-refractivity contribution in [2.24, 2.45) is 0 Å². The van der Waals surface area contributed by atoms with E-state index in [4.69, 9.17) is 4.74 Å². The van der Waals surface area contributed by atoms with Gasteiger partial charge in [0.2, 0.25) is 0 Å². The summed E-state index contributed by atoms with van der Waals surface area (Å²) in [7, 11) is -1.85. The van der Waals surface area contributed by atoms with Crippen molar-refractivity contribution in [1.29, 1.82) is 0 Å². The predicted octanol–water partition coefficient (Wildman–Crippen LogP) is 0.976. The van der Waals surface area contributed by atoms with Gasteiger partial charge in [-0.1, -0.05) is 6.07 Å². The van der Waals surface area contributed by atoms with Gasteiger partial charge in [-0.2, -0.15) is 0 Å². The zero-order valence-electron chi connectivity index (χ0n) is 10.1. The zero-order valence-corrected chi connectivity index (χ0v) is 10.9. The summed E-state index contributed by atoms with van der Waals surface area (Å²) in [6, 6.07) is 4.94. The van der Waals surface area contributed by atoms with Gasteiger partial charge in [-0.25, -0.2) is 12.8 Å². The summed E-state index contributed by atoms with van der Waals surface area (Å²) in [5, 5.41) is 2.32. The van der Waals surface area contributed by atoms with Crippen LogP contribution >= 0.6 is 0 Å². The third kappa shape index (κ3) is 2.55. The Kier molecular flexibility index (Phi) is 3.99. The fraction of sp³-hybridized carbons (Fsp3) is 0.500. The minimum Gasteiger partial charge on any atom is -0.380 e. The fourth-order valence-electron chi connectivity index (χ4n) is 2.17. The third-order valence-corrected chi connectivity index (χ3v) is 5.37. The number of benzene rings is 1. The average molecular weight is 273 g/mol. The highest BCUT2D eigenvalue weighted by Gasteiger charge is 2.36. The number of ether oxygens (including phenoxy) is 1. The van der Waals surface area contributed by atoms with Crippen LogP contribution in [-0.2, 0) is 14.6 Å². The molecule has 0 radical (unpaired) electrons. The van der Waals surface area contributed by atoms with Crippen molar-refractivity contribution in [3.8, 4) is 0 Å². The first-order valence-corrected chi connectivity index (χ1v) is 7.35. The van der Waals surface area contributed by atoms with Crippen molar-refractivity contribution in [1.82, 2.24) is 5.32 Å². The second-order valence-corrected chi connectivity index (χ2v) is 6.47. The number of hydrogen-bond acceptors (Lipinski definition) is 4. The first kappa shape index (κ1) is 13.5. The molecule has 0 aromatic heterocycles. The molecule has 2 atom stereocenters. The molecule has 0 aliphatic carbocycles. The van der Waals surface area contributed by atoms with E-state index in [0.29, 0.717) is 13.0 Å². The van der Waals surface area contributed by atoms with Crippen LogP contribution in [0.4, 0.5) is 4.39 Å². The van der Waals surface area contributed by atoms with Crippen LogP contribution in [0.5, 0.6) is 0 Å². The highest BCUT2D eigenvalue weighted by atomic mass is 32.2. The molecule has 0 spiro atoms. The Morgan fingerprint density at radius 1 is 1.44 bits per heavy atom. The summed E-state index contributed by atoms with van der Waals surface area (Å²) < 4.78 is 43.2. The van der Waals surface area contributed by atoms with Crippen molar-refractivity contribution in [2.75, 3.05) is 20.3 Å². The molecule has 1 aromatic carbocycles. The number of hydrogen-bond donors (Lipinski definition) is 1. The molecule has 6 heteroatoms. The van der Waals surface area contributed by atoms with E-state index in [1.165, 1.54) is 18.2 Å². The van der Waals surface area contributed by atoms with Crippen LogP contribution in [0.25, 0.3) is 0 Å². The fourth-order valence-corrected chi connectivity index (χ4v) is 4.04. The normalized spacial score (nSPS) is 25.0. The maximum absolute atomic E-state index is 13.1. The van der Waals surface area contributed by atoms with Gasteiger partial charge in [0.05, 0.1) is 11.5 Å². The summed E-state index contributed by atoms with van der Waals surface area (Å²) >= 11 is 0. The van der Waals surface area contributed by atoms with E-state index in [0.717, 1.165) is 6.07 Å². The topological polar surface area (TPSA) is 55.4 Å². The van der Waals surface area contributed by atoms with Crippen LogP contribution in [0.1, 0.15) is 6.42 Å². The smallest absolute Gasteiger partial charge is 0.185 e. The predicted molar refractivity (Wildman–Crippen MR) is 65.7 cm³/mol. The number of nitrogens with one attached hydrogen (secondary N) is 1. The Morgan fingerprint density at radius 2 is 2.22 bits per heavy atom. The lowest BCUT2D eigenvalue weighted by Gasteiger charge is -2.30. The molecular formula is C12H16FNO3S. The minimum absolute atomic E-state index is 0.0123. The van der Waals surface area contributed by atoms with Crippen molar-refractivity contribution < 1.29 is 17.5 Å². The van der Waals surface area contributed by atoms with Gasteiger partial charge < -0.3 is 10.1 Å². The number of rotatable bonds is 3.